The van der Waals surface area contributed by atoms with E-state index in [-0.39, 0.29) is 0 Å². The van der Waals surface area contributed by atoms with Gasteiger partial charge in [-0.2, -0.15) is 11.3 Å². The Morgan fingerprint density at radius 3 is 2.94 bits per heavy atom. The lowest BCUT2D eigenvalue weighted by Gasteiger charge is -2.16. The Labute approximate surface area is 100 Å². The third kappa shape index (κ3) is 2.68. The number of thiophene rings is 1. The summed E-state index contributed by atoms with van der Waals surface area (Å²) in [6.45, 7) is 2.03. The Bertz CT molecular complexity index is 437. The zero-order valence-corrected chi connectivity index (χ0v) is 10.4. The van der Waals surface area contributed by atoms with Gasteiger partial charge in [0.1, 0.15) is 0 Å². The number of nitrogens with one attached hydrogen (secondary N) is 1. The van der Waals surface area contributed by atoms with E-state index in [0.717, 1.165) is 12.1 Å². The van der Waals surface area contributed by atoms with Gasteiger partial charge in [-0.3, -0.25) is 4.98 Å². The SMILES string of the molecule is CNC(Cc1ccsc1)c1ccnc(C)c1. The van der Waals surface area contributed by atoms with Crippen molar-refractivity contribution in [2.75, 3.05) is 7.05 Å². The van der Waals surface area contributed by atoms with Crippen molar-refractivity contribution < 1.29 is 0 Å². The third-order valence-electron chi connectivity index (χ3n) is 2.69. The maximum absolute atomic E-state index is 4.23. The van der Waals surface area contributed by atoms with E-state index in [1.165, 1.54) is 11.1 Å². The van der Waals surface area contributed by atoms with Crippen molar-refractivity contribution in [2.45, 2.75) is 19.4 Å². The number of rotatable bonds is 4. The molecule has 0 radical (unpaired) electrons. The van der Waals surface area contributed by atoms with E-state index in [4.69, 9.17) is 0 Å². The van der Waals surface area contributed by atoms with Crippen LogP contribution in [0, 0.1) is 6.92 Å². The summed E-state index contributed by atoms with van der Waals surface area (Å²) in [6, 6.07) is 6.79. The molecule has 0 saturated heterocycles. The fourth-order valence-electron chi connectivity index (χ4n) is 1.82. The molecule has 0 aromatic carbocycles. The summed E-state index contributed by atoms with van der Waals surface area (Å²) in [7, 11) is 2.01. The minimum Gasteiger partial charge on any atom is -0.313 e. The Hall–Kier alpha value is -1.19. The molecular weight excluding hydrogens is 216 g/mol. The monoisotopic (exact) mass is 232 g/mol. The smallest absolute Gasteiger partial charge is 0.0375 e. The van der Waals surface area contributed by atoms with E-state index in [2.05, 4.69) is 39.3 Å². The predicted molar refractivity (Wildman–Crippen MR) is 68.8 cm³/mol. The average Bonchev–Trinajstić information content (AvgIpc) is 2.78. The molecule has 1 N–H and O–H groups in total. The van der Waals surface area contributed by atoms with Crippen molar-refractivity contribution in [3.8, 4) is 0 Å². The second-order valence-electron chi connectivity index (χ2n) is 3.91. The highest BCUT2D eigenvalue weighted by Gasteiger charge is 2.10. The van der Waals surface area contributed by atoms with Crippen molar-refractivity contribution in [3.63, 3.8) is 0 Å². The molecule has 0 amide bonds. The van der Waals surface area contributed by atoms with E-state index in [9.17, 15) is 0 Å². The van der Waals surface area contributed by atoms with Crippen LogP contribution < -0.4 is 5.32 Å². The summed E-state index contributed by atoms with van der Waals surface area (Å²) < 4.78 is 0. The molecule has 1 unspecified atom stereocenters. The van der Waals surface area contributed by atoms with Gasteiger partial charge >= 0.3 is 0 Å². The van der Waals surface area contributed by atoms with Gasteiger partial charge in [0.25, 0.3) is 0 Å². The number of pyridine rings is 1. The van der Waals surface area contributed by atoms with Gasteiger partial charge in [-0.15, -0.1) is 0 Å². The molecule has 16 heavy (non-hydrogen) atoms. The van der Waals surface area contributed by atoms with Gasteiger partial charge < -0.3 is 5.32 Å². The predicted octanol–water partition coefficient (Wildman–Crippen LogP) is 2.95. The lowest BCUT2D eigenvalue weighted by Crippen LogP contribution is -2.18. The van der Waals surface area contributed by atoms with Crippen LogP contribution in [0.25, 0.3) is 0 Å². The minimum atomic E-state index is 0.372. The third-order valence-corrected chi connectivity index (χ3v) is 3.42. The number of likely N-dealkylation sites (N-methyl/N-ethyl adjacent to an activating group) is 1. The lowest BCUT2D eigenvalue weighted by molar-refractivity contribution is 0.591. The Morgan fingerprint density at radius 2 is 2.31 bits per heavy atom. The quantitative estimate of drug-likeness (QED) is 0.876. The molecule has 2 aromatic heterocycles. The Balaban J connectivity index is 2.16. The van der Waals surface area contributed by atoms with Gasteiger partial charge in [-0.05, 0) is 60.5 Å². The van der Waals surface area contributed by atoms with Crippen LogP contribution in [-0.2, 0) is 6.42 Å². The first kappa shape index (κ1) is 11.3. The number of aromatic nitrogens is 1. The first-order valence-electron chi connectivity index (χ1n) is 5.40. The topological polar surface area (TPSA) is 24.9 Å². The van der Waals surface area contributed by atoms with E-state index in [1.54, 1.807) is 11.3 Å². The van der Waals surface area contributed by atoms with Crippen molar-refractivity contribution in [1.82, 2.24) is 10.3 Å². The fourth-order valence-corrected chi connectivity index (χ4v) is 2.50. The van der Waals surface area contributed by atoms with Crippen molar-refractivity contribution in [2.24, 2.45) is 0 Å². The number of hydrogen-bond donors (Lipinski definition) is 1. The highest BCUT2D eigenvalue weighted by atomic mass is 32.1. The van der Waals surface area contributed by atoms with Crippen LogP contribution in [0.2, 0.25) is 0 Å². The van der Waals surface area contributed by atoms with Crippen LogP contribution in [-0.4, -0.2) is 12.0 Å². The van der Waals surface area contributed by atoms with Crippen molar-refractivity contribution in [3.05, 3.63) is 52.0 Å². The molecular formula is C13H16N2S. The highest BCUT2D eigenvalue weighted by Crippen LogP contribution is 2.19. The van der Waals surface area contributed by atoms with Gasteiger partial charge in [0.15, 0.2) is 0 Å². The molecule has 2 nitrogen and oxygen atoms in total. The fraction of sp³-hybridized carbons (Fsp3) is 0.308. The maximum atomic E-state index is 4.23. The van der Waals surface area contributed by atoms with E-state index in [1.807, 2.05) is 20.2 Å². The summed E-state index contributed by atoms with van der Waals surface area (Å²) >= 11 is 1.75. The van der Waals surface area contributed by atoms with Crippen LogP contribution in [0.15, 0.2) is 35.2 Å². The minimum absolute atomic E-state index is 0.372. The van der Waals surface area contributed by atoms with E-state index < -0.39 is 0 Å². The number of aryl methyl sites for hydroxylation is 1. The summed E-state index contributed by atoms with van der Waals surface area (Å²) in [5.41, 5.74) is 3.77. The van der Waals surface area contributed by atoms with Crippen LogP contribution in [0.4, 0.5) is 0 Å². The molecule has 0 bridgehead atoms. The molecule has 3 heteroatoms. The van der Waals surface area contributed by atoms with Gasteiger partial charge in [0, 0.05) is 17.9 Å². The second-order valence-corrected chi connectivity index (χ2v) is 4.69. The van der Waals surface area contributed by atoms with E-state index in [0.29, 0.717) is 6.04 Å². The van der Waals surface area contributed by atoms with Gasteiger partial charge in [-0.1, -0.05) is 0 Å². The highest BCUT2D eigenvalue weighted by molar-refractivity contribution is 7.07. The van der Waals surface area contributed by atoms with Crippen LogP contribution in [0.1, 0.15) is 22.9 Å². The number of hydrogen-bond acceptors (Lipinski definition) is 3. The van der Waals surface area contributed by atoms with E-state index >= 15 is 0 Å². The molecule has 2 aromatic rings. The average molecular weight is 232 g/mol. The molecule has 1 atom stereocenters. The van der Waals surface area contributed by atoms with Crippen LogP contribution in [0.3, 0.4) is 0 Å². The molecule has 84 valence electrons. The first-order chi connectivity index (χ1) is 7.79. The van der Waals surface area contributed by atoms with Crippen LogP contribution in [0.5, 0.6) is 0 Å². The summed E-state index contributed by atoms with van der Waals surface area (Å²) in [4.78, 5) is 4.23. The molecule has 0 spiro atoms. The molecule has 0 aliphatic carbocycles. The zero-order chi connectivity index (χ0) is 11.4. The van der Waals surface area contributed by atoms with Gasteiger partial charge in [0.2, 0.25) is 0 Å². The summed E-state index contributed by atoms with van der Waals surface area (Å²) in [5.74, 6) is 0. The molecule has 0 aliphatic heterocycles. The Kier molecular flexibility index (Phi) is 3.70. The number of nitrogens with zero attached hydrogens (tertiary/aromatic N) is 1. The molecule has 2 heterocycles. The normalized spacial score (nSPS) is 12.6. The molecule has 2 rings (SSSR count). The lowest BCUT2D eigenvalue weighted by atomic mass is 10.0. The first-order valence-corrected chi connectivity index (χ1v) is 6.35. The van der Waals surface area contributed by atoms with Gasteiger partial charge in [0.05, 0.1) is 0 Å². The molecule has 0 saturated carbocycles. The summed E-state index contributed by atoms with van der Waals surface area (Å²) in [6.07, 6.45) is 2.91. The largest absolute Gasteiger partial charge is 0.313 e. The maximum Gasteiger partial charge on any atom is 0.0375 e. The molecule has 0 fully saturated rings. The Morgan fingerprint density at radius 1 is 1.44 bits per heavy atom. The van der Waals surface area contributed by atoms with Crippen molar-refractivity contribution in [1.29, 1.82) is 0 Å². The standard InChI is InChI=1S/C13H16N2S/c1-10-7-12(3-5-15-10)13(14-2)8-11-4-6-16-9-11/h3-7,9,13-14H,8H2,1-2H3. The summed E-state index contributed by atoms with van der Waals surface area (Å²) in [5, 5.41) is 7.69. The second kappa shape index (κ2) is 5.23. The molecule has 0 aliphatic rings. The van der Waals surface area contributed by atoms with Gasteiger partial charge in [-0.25, -0.2) is 0 Å². The zero-order valence-electron chi connectivity index (χ0n) is 9.60. The van der Waals surface area contributed by atoms with Crippen LogP contribution >= 0.6 is 11.3 Å². The van der Waals surface area contributed by atoms with Crippen molar-refractivity contribution >= 4 is 11.3 Å².